The van der Waals surface area contributed by atoms with Crippen molar-refractivity contribution in [2.24, 2.45) is 5.73 Å². The van der Waals surface area contributed by atoms with Crippen LogP contribution in [0.1, 0.15) is 31.7 Å². The van der Waals surface area contributed by atoms with E-state index in [0.717, 1.165) is 19.3 Å². The molecule has 0 aromatic heterocycles. The molecule has 0 spiro atoms. The molecule has 2 rings (SSSR count). The van der Waals surface area contributed by atoms with Crippen molar-refractivity contribution < 1.29 is 8.78 Å². The summed E-state index contributed by atoms with van der Waals surface area (Å²) in [5, 5.41) is 0. The van der Waals surface area contributed by atoms with Crippen LogP contribution < -0.4 is 5.73 Å². The molecule has 0 bridgehead atoms. The number of benzene rings is 1. The zero-order valence-corrected chi connectivity index (χ0v) is 12.6. The van der Waals surface area contributed by atoms with Gasteiger partial charge in [-0.15, -0.1) is 0 Å². The highest BCUT2D eigenvalue weighted by Gasteiger charge is 2.28. The van der Waals surface area contributed by atoms with E-state index in [1.54, 1.807) is 0 Å². The molecular weight excluding hydrogens is 314 g/mol. The summed E-state index contributed by atoms with van der Waals surface area (Å²) in [4.78, 5) is 2.12. The first-order valence-electron chi connectivity index (χ1n) is 6.62. The number of rotatable bonds is 3. The van der Waals surface area contributed by atoms with Gasteiger partial charge in [-0.05, 0) is 47.8 Å². The first-order valence-corrected chi connectivity index (χ1v) is 7.42. The molecule has 0 saturated carbocycles. The Morgan fingerprint density at radius 2 is 2.11 bits per heavy atom. The average molecular weight is 333 g/mol. The smallest absolute Gasteiger partial charge is 0.144 e. The van der Waals surface area contributed by atoms with Gasteiger partial charge in [0.15, 0.2) is 0 Å². The van der Waals surface area contributed by atoms with Crippen LogP contribution in [0.3, 0.4) is 0 Å². The molecule has 1 saturated heterocycles. The molecule has 2 atom stereocenters. The summed E-state index contributed by atoms with van der Waals surface area (Å²) in [5.74, 6) is -0.997. The molecule has 5 heteroatoms. The van der Waals surface area contributed by atoms with Crippen LogP contribution in [0.15, 0.2) is 16.6 Å². The summed E-state index contributed by atoms with van der Waals surface area (Å²) < 4.78 is 28.2. The summed E-state index contributed by atoms with van der Waals surface area (Å²) >= 11 is 3.11. The SMILES string of the molecule is CC1CCCC(CN)N1Cc1c(F)ccc(Br)c1F. The van der Waals surface area contributed by atoms with Crippen molar-refractivity contribution in [1.29, 1.82) is 0 Å². The fourth-order valence-electron chi connectivity index (χ4n) is 2.78. The maximum Gasteiger partial charge on any atom is 0.144 e. The van der Waals surface area contributed by atoms with Crippen LogP contribution in [0.2, 0.25) is 0 Å². The second-order valence-corrected chi connectivity index (χ2v) is 6.02. The van der Waals surface area contributed by atoms with Crippen LogP contribution in [0, 0.1) is 11.6 Å². The first-order chi connectivity index (χ1) is 9.04. The summed E-state index contributed by atoms with van der Waals surface area (Å²) in [5.41, 5.74) is 5.90. The molecule has 1 fully saturated rings. The van der Waals surface area contributed by atoms with E-state index >= 15 is 0 Å². The van der Waals surface area contributed by atoms with Gasteiger partial charge in [-0.3, -0.25) is 4.90 Å². The summed E-state index contributed by atoms with van der Waals surface area (Å²) in [6.07, 6.45) is 3.18. The van der Waals surface area contributed by atoms with E-state index in [4.69, 9.17) is 5.73 Å². The number of hydrogen-bond donors (Lipinski definition) is 1. The van der Waals surface area contributed by atoms with Gasteiger partial charge >= 0.3 is 0 Å². The van der Waals surface area contributed by atoms with E-state index in [-0.39, 0.29) is 18.2 Å². The Balaban J connectivity index is 2.26. The molecule has 1 aliphatic rings. The third-order valence-electron chi connectivity index (χ3n) is 3.95. The van der Waals surface area contributed by atoms with Crippen LogP contribution >= 0.6 is 15.9 Å². The molecule has 0 amide bonds. The number of piperidine rings is 1. The van der Waals surface area contributed by atoms with Crippen molar-refractivity contribution in [2.45, 2.75) is 44.8 Å². The number of nitrogens with two attached hydrogens (primary N) is 1. The van der Waals surface area contributed by atoms with Gasteiger partial charge < -0.3 is 5.73 Å². The summed E-state index contributed by atoms with van der Waals surface area (Å²) in [6, 6.07) is 3.21. The molecular formula is C14H19BrF2N2. The summed E-state index contributed by atoms with van der Waals surface area (Å²) in [7, 11) is 0. The zero-order chi connectivity index (χ0) is 14.0. The molecule has 0 radical (unpaired) electrons. The fraction of sp³-hybridized carbons (Fsp3) is 0.571. The largest absolute Gasteiger partial charge is 0.329 e. The Hall–Kier alpha value is -0.520. The highest BCUT2D eigenvalue weighted by Crippen LogP contribution is 2.28. The quantitative estimate of drug-likeness (QED) is 0.859. The van der Waals surface area contributed by atoms with Crippen molar-refractivity contribution in [3.8, 4) is 0 Å². The van der Waals surface area contributed by atoms with E-state index in [2.05, 4.69) is 27.8 Å². The normalized spacial score (nSPS) is 24.7. The Labute approximate surface area is 121 Å². The summed E-state index contributed by atoms with van der Waals surface area (Å²) in [6.45, 7) is 2.90. The molecule has 1 aromatic carbocycles. The molecule has 1 aliphatic heterocycles. The van der Waals surface area contributed by atoms with Crippen molar-refractivity contribution >= 4 is 15.9 Å². The van der Waals surface area contributed by atoms with Crippen molar-refractivity contribution in [2.75, 3.05) is 6.54 Å². The lowest BCUT2D eigenvalue weighted by Crippen LogP contribution is -2.48. The molecule has 2 unspecified atom stereocenters. The van der Waals surface area contributed by atoms with E-state index < -0.39 is 11.6 Å². The van der Waals surface area contributed by atoms with Gasteiger partial charge in [0.2, 0.25) is 0 Å². The topological polar surface area (TPSA) is 29.3 Å². The minimum absolute atomic E-state index is 0.126. The third-order valence-corrected chi connectivity index (χ3v) is 4.56. The van der Waals surface area contributed by atoms with Gasteiger partial charge in [-0.2, -0.15) is 0 Å². The molecule has 19 heavy (non-hydrogen) atoms. The van der Waals surface area contributed by atoms with Gasteiger partial charge in [-0.1, -0.05) is 6.42 Å². The van der Waals surface area contributed by atoms with Crippen LogP contribution in [0.25, 0.3) is 0 Å². The van der Waals surface area contributed by atoms with E-state index in [1.165, 1.54) is 12.1 Å². The number of likely N-dealkylation sites (tertiary alicyclic amines) is 1. The lowest BCUT2D eigenvalue weighted by Gasteiger charge is -2.40. The van der Waals surface area contributed by atoms with Gasteiger partial charge in [0, 0.05) is 30.7 Å². The molecule has 106 valence electrons. The maximum absolute atomic E-state index is 14.0. The first kappa shape index (κ1) is 14.9. The minimum atomic E-state index is -0.506. The average Bonchev–Trinajstić information content (AvgIpc) is 2.40. The van der Waals surface area contributed by atoms with Gasteiger partial charge in [0.05, 0.1) is 4.47 Å². The molecule has 1 heterocycles. The Bertz CT molecular complexity index is 453. The standard InChI is InChI=1S/C14H19BrF2N2/c1-9-3-2-4-10(7-18)19(9)8-11-13(16)6-5-12(15)14(11)17/h5-6,9-10H,2-4,7-8,18H2,1H3. The second-order valence-electron chi connectivity index (χ2n) is 5.16. The van der Waals surface area contributed by atoms with Gasteiger partial charge in [0.1, 0.15) is 11.6 Å². The molecule has 1 aromatic rings. The molecule has 0 aliphatic carbocycles. The minimum Gasteiger partial charge on any atom is -0.329 e. The fourth-order valence-corrected chi connectivity index (χ4v) is 3.15. The number of hydrogen-bond acceptors (Lipinski definition) is 2. The second kappa shape index (κ2) is 6.29. The van der Waals surface area contributed by atoms with Crippen LogP contribution in [-0.4, -0.2) is 23.5 Å². The van der Waals surface area contributed by atoms with Crippen molar-refractivity contribution in [3.63, 3.8) is 0 Å². The molecule has 2 nitrogen and oxygen atoms in total. The zero-order valence-electron chi connectivity index (χ0n) is 11.0. The maximum atomic E-state index is 14.0. The van der Waals surface area contributed by atoms with E-state index in [0.29, 0.717) is 17.1 Å². The number of nitrogens with zero attached hydrogens (tertiary/aromatic N) is 1. The Morgan fingerprint density at radius 1 is 1.37 bits per heavy atom. The number of halogens is 3. The lowest BCUT2D eigenvalue weighted by molar-refractivity contribution is 0.0866. The predicted molar refractivity (Wildman–Crippen MR) is 75.8 cm³/mol. The van der Waals surface area contributed by atoms with Crippen LogP contribution in [0.5, 0.6) is 0 Å². The van der Waals surface area contributed by atoms with E-state index in [9.17, 15) is 8.78 Å². The van der Waals surface area contributed by atoms with Gasteiger partial charge in [-0.25, -0.2) is 8.78 Å². The molecule has 2 N–H and O–H groups in total. The van der Waals surface area contributed by atoms with Crippen molar-refractivity contribution in [1.82, 2.24) is 4.90 Å². The van der Waals surface area contributed by atoms with E-state index in [1.807, 2.05) is 0 Å². The van der Waals surface area contributed by atoms with Crippen LogP contribution in [0.4, 0.5) is 8.78 Å². The van der Waals surface area contributed by atoms with Crippen molar-refractivity contribution in [3.05, 3.63) is 33.8 Å². The Morgan fingerprint density at radius 3 is 2.79 bits per heavy atom. The van der Waals surface area contributed by atoms with Gasteiger partial charge in [0.25, 0.3) is 0 Å². The highest BCUT2D eigenvalue weighted by atomic mass is 79.9. The van der Waals surface area contributed by atoms with Crippen LogP contribution in [-0.2, 0) is 6.54 Å². The predicted octanol–water partition coefficient (Wildman–Crippen LogP) is 3.43. The lowest BCUT2D eigenvalue weighted by atomic mass is 9.95. The monoisotopic (exact) mass is 332 g/mol. The third kappa shape index (κ3) is 3.15. The highest BCUT2D eigenvalue weighted by molar-refractivity contribution is 9.10. The Kier molecular flexibility index (Phi) is 4.92.